The second-order valence-electron chi connectivity index (χ2n) is 5.54. The Bertz CT molecular complexity index is 172. The van der Waals surface area contributed by atoms with E-state index in [1.54, 1.807) is 0 Å². The lowest BCUT2D eigenvalue weighted by atomic mass is 9.79. The van der Waals surface area contributed by atoms with Gasteiger partial charge in [-0.05, 0) is 31.2 Å². The maximum atomic E-state index is 2.72. The molecule has 1 saturated heterocycles. The number of rotatable bonds is 3. The zero-order valence-corrected chi connectivity index (χ0v) is 10.5. The molecular weight excluding hydrogens is 182 g/mol. The summed E-state index contributed by atoms with van der Waals surface area (Å²) in [4.78, 5) is 2.72. The van der Waals surface area contributed by atoms with Gasteiger partial charge in [0.1, 0.15) is 0 Å². The molecule has 0 N–H and O–H groups in total. The monoisotopic (exact) mass is 209 g/mol. The smallest absolute Gasteiger partial charge is 0.00958 e. The van der Waals surface area contributed by atoms with Gasteiger partial charge in [-0.3, -0.25) is 0 Å². The zero-order valence-electron chi connectivity index (χ0n) is 10.5. The molecule has 2 unspecified atom stereocenters. The molecule has 88 valence electrons. The second-order valence-corrected chi connectivity index (χ2v) is 5.54. The molecule has 0 aromatic carbocycles. The topological polar surface area (TPSA) is 3.24 Å². The highest BCUT2D eigenvalue weighted by molar-refractivity contribution is 4.88. The summed E-state index contributed by atoms with van der Waals surface area (Å²) in [6, 6.07) is 0.905. The summed E-state index contributed by atoms with van der Waals surface area (Å²) in [5.74, 6) is 2.11. The summed E-state index contributed by atoms with van der Waals surface area (Å²) < 4.78 is 0. The molecule has 2 atom stereocenters. The van der Waals surface area contributed by atoms with Crippen molar-refractivity contribution in [3.05, 3.63) is 0 Å². The van der Waals surface area contributed by atoms with Gasteiger partial charge < -0.3 is 4.90 Å². The molecule has 1 heteroatoms. The van der Waals surface area contributed by atoms with Crippen LogP contribution < -0.4 is 0 Å². The first-order valence-electron chi connectivity index (χ1n) is 7.09. The van der Waals surface area contributed by atoms with E-state index in [4.69, 9.17) is 0 Å². The van der Waals surface area contributed by atoms with Crippen molar-refractivity contribution < 1.29 is 0 Å². The summed E-state index contributed by atoms with van der Waals surface area (Å²) in [5, 5.41) is 0. The highest BCUT2D eigenvalue weighted by Gasteiger charge is 2.34. The van der Waals surface area contributed by atoms with E-state index in [0.29, 0.717) is 0 Å². The first-order valence-corrected chi connectivity index (χ1v) is 7.09. The third kappa shape index (κ3) is 2.55. The third-order valence-electron chi connectivity index (χ3n) is 4.75. The molecule has 0 amide bonds. The van der Waals surface area contributed by atoms with Crippen LogP contribution in [0.25, 0.3) is 0 Å². The van der Waals surface area contributed by atoms with E-state index in [-0.39, 0.29) is 0 Å². The minimum absolute atomic E-state index is 0.905. The van der Waals surface area contributed by atoms with Gasteiger partial charge in [-0.25, -0.2) is 0 Å². The van der Waals surface area contributed by atoms with E-state index < -0.39 is 0 Å². The average molecular weight is 209 g/mol. The zero-order chi connectivity index (χ0) is 10.7. The Hall–Kier alpha value is -0.0400. The van der Waals surface area contributed by atoms with Gasteiger partial charge in [-0.15, -0.1) is 0 Å². The van der Waals surface area contributed by atoms with Crippen LogP contribution in [-0.4, -0.2) is 24.0 Å². The number of hydrogen-bond donors (Lipinski definition) is 0. The maximum Gasteiger partial charge on any atom is 0.00958 e. The Morgan fingerprint density at radius 1 is 1.00 bits per heavy atom. The molecule has 1 saturated carbocycles. The first kappa shape index (κ1) is 11.4. The van der Waals surface area contributed by atoms with Crippen molar-refractivity contribution in [3.8, 4) is 0 Å². The first-order chi connectivity index (χ1) is 7.35. The van der Waals surface area contributed by atoms with Crippen LogP contribution in [0.2, 0.25) is 0 Å². The van der Waals surface area contributed by atoms with Gasteiger partial charge in [0.2, 0.25) is 0 Å². The van der Waals surface area contributed by atoms with Crippen LogP contribution in [0.5, 0.6) is 0 Å². The largest absolute Gasteiger partial charge is 0.300 e. The summed E-state index contributed by atoms with van der Waals surface area (Å²) in [6.45, 7) is 7.35. The Kier molecular flexibility index (Phi) is 4.07. The fraction of sp³-hybridized carbons (Fsp3) is 1.00. The van der Waals surface area contributed by atoms with Crippen molar-refractivity contribution >= 4 is 0 Å². The minimum Gasteiger partial charge on any atom is -0.300 e. The van der Waals surface area contributed by atoms with Gasteiger partial charge in [0.25, 0.3) is 0 Å². The highest BCUT2D eigenvalue weighted by Crippen LogP contribution is 2.37. The summed E-state index contributed by atoms with van der Waals surface area (Å²) >= 11 is 0. The molecule has 1 aliphatic heterocycles. The van der Waals surface area contributed by atoms with Crippen molar-refractivity contribution in [1.82, 2.24) is 4.90 Å². The quantitative estimate of drug-likeness (QED) is 0.685. The van der Waals surface area contributed by atoms with Gasteiger partial charge in [-0.1, -0.05) is 46.0 Å². The predicted octanol–water partition coefficient (Wildman–Crippen LogP) is 3.69. The fourth-order valence-corrected chi connectivity index (χ4v) is 3.78. The van der Waals surface area contributed by atoms with Gasteiger partial charge in [0.05, 0.1) is 0 Å². The molecular formula is C14H27N. The molecule has 1 nitrogen and oxygen atoms in total. The van der Waals surface area contributed by atoms with Crippen LogP contribution in [0.3, 0.4) is 0 Å². The van der Waals surface area contributed by atoms with Crippen molar-refractivity contribution in [1.29, 1.82) is 0 Å². The normalized spacial score (nSPS) is 34.8. The van der Waals surface area contributed by atoms with Crippen molar-refractivity contribution in [3.63, 3.8) is 0 Å². The Balaban J connectivity index is 1.88. The molecule has 0 spiro atoms. The standard InChI is InChI=1S/C14H27N/c1-3-14-10-13(11-15(14)4-2)12-8-6-5-7-9-12/h12-14H,3-11H2,1-2H3. The van der Waals surface area contributed by atoms with Crippen LogP contribution in [0.15, 0.2) is 0 Å². The molecule has 2 rings (SSSR count). The lowest BCUT2D eigenvalue weighted by molar-refractivity contribution is 0.230. The molecule has 2 aliphatic rings. The molecule has 0 aromatic heterocycles. The lowest BCUT2D eigenvalue weighted by Gasteiger charge is -2.27. The molecule has 0 radical (unpaired) electrons. The van der Waals surface area contributed by atoms with Gasteiger partial charge in [0.15, 0.2) is 0 Å². The van der Waals surface area contributed by atoms with E-state index in [1.165, 1.54) is 58.0 Å². The molecule has 15 heavy (non-hydrogen) atoms. The summed E-state index contributed by atoms with van der Waals surface area (Å²) in [6.07, 6.45) is 10.4. The molecule has 1 heterocycles. The summed E-state index contributed by atoms with van der Waals surface area (Å²) in [5.41, 5.74) is 0. The minimum atomic E-state index is 0.905. The van der Waals surface area contributed by atoms with Crippen molar-refractivity contribution in [2.45, 2.75) is 64.8 Å². The van der Waals surface area contributed by atoms with Gasteiger partial charge in [-0.2, -0.15) is 0 Å². The molecule has 1 aliphatic carbocycles. The average Bonchev–Trinajstić information content (AvgIpc) is 2.73. The van der Waals surface area contributed by atoms with Gasteiger partial charge >= 0.3 is 0 Å². The highest BCUT2D eigenvalue weighted by atomic mass is 15.2. The van der Waals surface area contributed by atoms with Crippen molar-refractivity contribution in [2.75, 3.05) is 13.1 Å². The van der Waals surface area contributed by atoms with Crippen LogP contribution in [0, 0.1) is 11.8 Å². The number of hydrogen-bond acceptors (Lipinski definition) is 1. The van der Waals surface area contributed by atoms with E-state index in [0.717, 1.165) is 17.9 Å². The van der Waals surface area contributed by atoms with Gasteiger partial charge in [0, 0.05) is 12.6 Å². The molecule has 0 bridgehead atoms. The summed E-state index contributed by atoms with van der Waals surface area (Å²) in [7, 11) is 0. The lowest BCUT2D eigenvalue weighted by Crippen LogP contribution is -2.29. The molecule has 0 aromatic rings. The Morgan fingerprint density at radius 2 is 1.73 bits per heavy atom. The third-order valence-corrected chi connectivity index (χ3v) is 4.75. The number of likely N-dealkylation sites (tertiary alicyclic amines) is 1. The Morgan fingerprint density at radius 3 is 2.27 bits per heavy atom. The fourth-order valence-electron chi connectivity index (χ4n) is 3.78. The van der Waals surface area contributed by atoms with Crippen molar-refractivity contribution in [2.24, 2.45) is 11.8 Å². The second kappa shape index (κ2) is 5.34. The van der Waals surface area contributed by atoms with E-state index >= 15 is 0 Å². The van der Waals surface area contributed by atoms with E-state index in [9.17, 15) is 0 Å². The molecule has 2 fully saturated rings. The van der Waals surface area contributed by atoms with E-state index in [2.05, 4.69) is 18.7 Å². The van der Waals surface area contributed by atoms with Crippen LogP contribution in [0.1, 0.15) is 58.8 Å². The Labute approximate surface area is 95.2 Å². The van der Waals surface area contributed by atoms with E-state index in [1.807, 2.05) is 0 Å². The van der Waals surface area contributed by atoms with Crippen LogP contribution in [0.4, 0.5) is 0 Å². The van der Waals surface area contributed by atoms with Crippen LogP contribution >= 0.6 is 0 Å². The number of nitrogens with zero attached hydrogens (tertiary/aromatic N) is 1. The maximum absolute atomic E-state index is 2.72. The predicted molar refractivity (Wildman–Crippen MR) is 66.0 cm³/mol. The SMILES string of the molecule is CCC1CC(C2CCCCC2)CN1CC. The van der Waals surface area contributed by atoms with Crippen LogP contribution in [-0.2, 0) is 0 Å².